The van der Waals surface area contributed by atoms with E-state index in [2.05, 4.69) is 15.0 Å². The lowest BCUT2D eigenvalue weighted by Gasteiger charge is -2.09. The number of halogens is 2. The summed E-state index contributed by atoms with van der Waals surface area (Å²) >= 11 is 7.91. The van der Waals surface area contributed by atoms with E-state index in [1.165, 1.54) is 7.05 Å². The number of carbonyl (C=O) groups excluding carboxylic acids is 1. The predicted octanol–water partition coefficient (Wildman–Crippen LogP) is 4.07. The lowest BCUT2D eigenvalue weighted by molar-refractivity contribution is 0.0964. The van der Waals surface area contributed by atoms with Crippen LogP contribution in [0.2, 0.25) is 5.02 Å². The highest BCUT2D eigenvalue weighted by Gasteiger charge is 2.24. The number of hydrogen-bond donors (Lipinski definition) is 2. The second-order valence-electron chi connectivity index (χ2n) is 7.68. The third-order valence-electron chi connectivity index (χ3n) is 4.88. The average molecular weight is 640 g/mol. The Balaban J connectivity index is 1.88. The molecule has 3 aromatic rings. The molecule has 13 heteroatoms. The van der Waals surface area contributed by atoms with Crippen LogP contribution < -0.4 is 10.0 Å². The van der Waals surface area contributed by atoms with Crippen molar-refractivity contribution in [3.05, 3.63) is 44.5 Å². The number of anilines is 1. The summed E-state index contributed by atoms with van der Waals surface area (Å²) in [6.07, 6.45) is 2.33. The zero-order valence-electron chi connectivity index (χ0n) is 18.4. The number of amides is 1. The van der Waals surface area contributed by atoms with E-state index >= 15 is 0 Å². The molecule has 1 amide bonds. The van der Waals surface area contributed by atoms with Crippen LogP contribution in [0.1, 0.15) is 29.6 Å². The van der Waals surface area contributed by atoms with Crippen molar-refractivity contribution in [3.8, 4) is 11.3 Å². The lowest BCUT2D eigenvalue weighted by atomic mass is 10.1. The Hall–Kier alpha value is -1.90. The van der Waals surface area contributed by atoms with E-state index in [9.17, 15) is 21.6 Å². The van der Waals surface area contributed by atoms with Crippen molar-refractivity contribution in [3.63, 3.8) is 0 Å². The van der Waals surface area contributed by atoms with Crippen LogP contribution in [-0.4, -0.2) is 52.5 Å². The summed E-state index contributed by atoms with van der Waals surface area (Å²) in [7, 11) is -5.29. The zero-order valence-corrected chi connectivity index (χ0v) is 22.9. The van der Waals surface area contributed by atoms with Gasteiger partial charge in [-0.25, -0.2) is 16.8 Å². The van der Waals surface area contributed by atoms with E-state index in [-0.39, 0.29) is 34.5 Å². The number of unbranched alkanes of at least 4 members (excludes halogenated alkanes) is 2. The number of hydrogen-bond acceptors (Lipinski definition) is 7. The molecular weight excluding hydrogens is 617 g/mol. The van der Waals surface area contributed by atoms with Crippen molar-refractivity contribution in [2.75, 3.05) is 29.5 Å². The highest BCUT2D eigenvalue weighted by molar-refractivity contribution is 14.1. The van der Waals surface area contributed by atoms with Gasteiger partial charge in [0.1, 0.15) is 15.6 Å². The standard InChI is InChI=1S/C21H23ClIN3O6S2/c1-24-20(27)17-15-12-16(23)19(26-34(30,31)11-5-3-4-10-33(2,28)29)25-21(15)32-18(17)13-6-8-14(22)9-7-13/h6-9,12H,3-5,10-11H2,1-2H3,(H,24,27)(H,25,26). The van der Waals surface area contributed by atoms with Gasteiger partial charge in [-0.05, 0) is 65.8 Å². The number of nitrogens with zero attached hydrogens (tertiary/aromatic N) is 1. The number of fused-ring (bicyclic) bond motifs is 1. The topological polar surface area (TPSA) is 135 Å². The highest BCUT2D eigenvalue weighted by Crippen LogP contribution is 2.35. The molecule has 0 saturated carbocycles. The number of rotatable bonds is 10. The van der Waals surface area contributed by atoms with Crippen LogP contribution in [-0.2, 0) is 19.9 Å². The molecule has 0 unspecified atom stereocenters. The minimum Gasteiger partial charge on any atom is -0.437 e. The Labute approximate surface area is 216 Å². The number of sulfonamides is 1. The molecule has 0 bridgehead atoms. The fourth-order valence-corrected chi connectivity index (χ4v) is 6.00. The molecule has 3 rings (SSSR count). The van der Waals surface area contributed by atoms with Gasteiger partial charge in [0, 0.05) is 29.6 Å². The Morgan fingerprint density at radius 1 is 1.09 bits per heavy atom. The molecule has 0 fully saturated rings. The van der Waals surface area contributed by atoms with Crippen molar-refractivity contribution in [2.24, 2.45) is 0 Å². The van der Waals surface area contributed by atoms with Crippen molar-refractivity contribution in [1.82, 2.24) is 10.3 Å². The molecule has 184 valence electrons. The first kappa shape index (κ1) is 26.7. The largest absolute Gasteiger partial charge is 0.437 e. The van der Waals surface area contributed by atoms with Crippen LogP contribution in [0.25, 0.3) is 22.4 Å². The normalized spacial score (nSPS) is 12.1. The Bertz CT molecular complexity index is 1420. The summed E-state index contributed by atoms with van der Waals surface area (Å²) in [5.74, 6) is -0.142. The Kier molecular flexibility index (Phi) is 8.47. The molecule has 0 spiro atoms. The maximum Gasteiger partial charge on any atom is 0.255 e. The van der Waals surface area contributed by atoms with Crippen LogP contribution in [0, 0.1) is 3.57 Å². The third kappa shape index (κ3) is 6.83. The van der Waals surface area contributed by atoms with E-state index in [1.54, 1.807) is 30.3 Å². The molecule has 1 aromatic carbocycles. The van der Waals surface area contributed by atoms with Crippen LogP contribution in [0.4, 0.5) is 5.82 Å². The van der Waals surface area contributed by atoms with E-state index in [1.807, 2.05) is 22.6 Å². The quantitative estimate of drug-likeness (QED) is 0.252. The molecule has 0 saturated heterocycles. The maximum absolute atomic E-state index is 12.6. The van der Waals surface area contributed by atoms with Gasteiger partial charge < -0.3 is 9.73 Å². The third-order valence-corrected chi connectivity index (χ3v) is 8.31. The number of nitrogens with one attached hydrogen (secondary N) is 2. The molecule has 0 aliphatic carbocycles. The van der Waals surface area contributed by atoms with Crippen LogP contribution in [0.15, 0.2) is 34.7 Å². The molecule has 0 atom stereocenters. The fraction of sp³-hybridized carbons (Fsp3) is 0.333. The van der Waals surface area contributed by atoms with Crippen LogP contribution >= 0.6 is 34.2 Å². The number of carbonyl (C=O) groups is 1. The van der Waals surface area contributed by atoms with Gasteiger partial charge in [0.15, 0.2) is 5.82 Å². The first-order valence-corrected chi connectivity index (χ1v) is 15.4. The zero-order chi connectivity index (χ0) is 25.1. The summed E-state index contributed by atoms with van der Waals surface area (Å²) < 4.78 is 56.3. The van der Waals surface area contributed by atoms with E-state index in [0.29, 0.717) is 44.6 Å². The van der Waals surface area contributed by atoms with Gasteiger partial charge in [-0.1, -0.05) is 18.0 Å². The summed E-state index contributed by atoms with van der Waals surface area (Å²) in [5.41, 5.74) is 1.01. The van der Waals surface area contributed by atoms with Crippen molar-refractivity contribution >= 4 is 76.9 Å². The Morgan fingerprint density at radius 3 is 2.35 bits per heavy atom. The first-order chi connectivity index (χ1) is 15.9. The predicted molar refractivity (Wildman–Crippen MR) is 142 cm³/mol. The smallest absolute Gasteiger partial charge is 0.255 e. The SMILES string of the molecule is CNC(=O)c1c(-c2ccc(Cl)cc2)oc2nc(NS(=O)(=O)CCCCCS(C)(=O)=O)c(I)cc12. The number of sulfone groups is 1. The molecule has 9 nitrogen and oxygen atoms in total. The summed E-state index contributed by atoms with van der Waals surface area (Å²) in [6, 6.07) is 8.41. The molecule has 0 aliphatic heterocycles. The minimum atomic E-state index is -3.73. The first-order valence-electron chi connectivity index (χ1n) is 10.2. The number of benzene rings is 1. The summed E-state index contributed by atoms with van der Waals surface area (Å²) in [4.78, 5) is 17.0. The number of aromatic nitrogens is 1. The van der Waals surface area contributed by atoms with Gasteiger partial charge >= 0.3 is 0 Å². The second-order valence-corrected chi connectivity index (χ2v) is 13.4. The van der Waals surface area contributed by atoms with Crippen LogP contribution in [0.3, 0.4) is 0 Å². The maximum atomic E-state index is 12.6. The number of furan rings is 1. The van der Waals surface area contributed by atoms with Gasteiger partial charge in [-0.3, -0.25) is 9.52 Å². The van der Waals surface area contributed by atoms with Gasteiger partial charge in [0.05, 0.1) is 20.3 Å². The van der Waals surface area contributed by atoms with Crippen molar-refractivity contribution in [1.29, 1.82) is 0 Å². The van der Waals surface area contributed by atoms with E-state index in [4.69, 9.17) is 16.0 Å². The van der Waals surface area contributed by atoms with Crippen molar-refractivity contribution in [2.45, 2.75) is 19.3 Å². The van der Waals surface area contributed by atoms with Gasteiger partial charge in [0.25, 0.3) is 5.91 Å². The molecule has 2 aromatic heterocycles. The van der Waals surface area contributed by atoms with Crippen LogP contribution in [0.5, 0.6) is 0 Å². The van der Waals surface area contributed by atoms with Gasteiger partial charge in [0.2, 0.25) is 15.7 Å². The Morgan fingerprint density at radius 2 is 1.74 bits per heavy atom. The number of pyridine rings is 1. The monoisotopic (exact) mass is 639 g/mol. The van der Waals surface area contributed by atoms with Crippen molar-refractivity contribution < 1.29 is 26.0 Å². The lowest BCUT2D eigenvalue weighted by Crippen LogP contribution is -2.19. The molecule has 0 radical (unpaired) electrons. The van der Waals surface area contributed by atoms with Gasteiger partial charge in [-0.15, -0.1) is 0 Å². The molecular formula is C21H23ClIN3O6S2. The average Bonchev–Trinajstić information content (AvgIpc) is 3.10. The molecule has 34 heavy (non-hydrogen) atoms. The summed E-state index contributed by atoms with van der Waals surface area (Å²) in [6.45, 7) is 0. The van der Waals surface area contributed by atoms with E-state index in [0.717, 1.165) is 6.26 Å². The fourth-order valence-electron chi connectivity index (χ4n) is 3.26. The molecule has 2 N–H and O–H groups in total. The molecule has 2 heterocycles. The summed E-state index contributed by atoms with van der Waals surface area (Å²) in [5, 5.41) is 3.56. The highest BCUT2D eigenvalue weighted by atomic mass is 127. The minimum absolute atomic E-state index is 0.0265. The second kappa shape index (κ2) is 10.8. The van der Waals surface area contributed by atoms with E-state index < -0.39 is 19.9 Å². The molecule has 0 aliphatic rings. The van der Waals surface area contributed by atoms with Gasteiger partial charge in [-0.2, -0.15) is 4.98 Å².